The Morgan fingerprint density at radius 2 is 1.75 bits per heavy atom. The lowest BCUT2D eigenvalue weighted by atomic mass is 9.83. The van der Waals surface area contributed by atoms with Crippen LogP contribution < -0.4 is 0 Å². The molecule has 70 valence electrons. The average molecular weight is 187 g/mol. The molecule has 2 fully saturated rings. The zero-order chi connectivity index (χ0) is 8.82. The molecule has 1 atom stereocenters. The summed E-state index contributed by atoms with van der Waals surface area (Å²) in [6, 6.07) is 0. The van der Waals surface area contributed by atoms with Crippen LogP contribution in [0.25, 0.3) is 0 Å². The van der Waals surface area contributed by atoms with Gasteiger partial charge in [-0.25, -0.2) is 0 Å². The highest BCUT2D eigenvalue weighted by molar-refractivity contribution is 6.18. The van der Waals surface area contributed by atoms with E-state index in [4.69, 9.17) is 11.6 Å². The summed E-state index contributed by atoms with van der Waals surface area (Å²) in [5, 5.41) is 0. The summed E-state index contributed by atoms with van der Waals surface area (Å²) in [7, 11) is 0. The largest absolute Gasteiger partial charge is 0.126 e. The summed E-state index contributed by atoms with van der Waals surface area (Å²) in [6.45, 7) is 4.77. The lowest BCUT2D eigenvalue weighted by molar-refractivity contribution is 0.277. The predicted molar refractivity (Wildman–Crippen MR) is 53.5 cm³/mol. The fraction of sp³-hybridized carbons (Fsp3) is 1.00. The monoisotopic (exact) mass is 186 g/mol. The molecule has 2 saturated carbocycles. The predicted octanol–water partition coefficient (Wildman–Crippen LogP) is 3.83. The summed E-state index contributed by atoms with van der Waals surface area (Å²) in [5.41, 5.74) is 1.08. The van der Waals surface area contributed by atoms with Crippen LogP contribution in [-0.2, 0) is 0 Å². The van der Waals surface area contributed by atoms with Crippen molar-refractivity contribution >= 4 is 11.6 Å². The number of hydrogen-bond acceptors (Lipinski definition) is 0. The lowest BCUT2D eigenvalue weighted by Gasteiger charge is -2.24. The van der Waals surface area contributed by atoms with Crippen LogP contribution in [0.15, 0.2) is 0 Å². The third kappa shape index (κ3) is 1.04. The molecule has 0 aromatic rings. The van der Waals surface area contributed by atoms with E-state index in [9.17, 15) is 0 Å². The molecule has 0 bridgehead atoms. The molecule has 0 nitrogen and oxygen atoms in total. The molecule has 0 aromatic heterocycles. The molecule has 0 aliphatic heterocycles. The molecule has 0 aromatic carbocycles. The fourth-order valence-electron chi connectivity index (χ4n) is 3.26. The number of rotatable bonds is 2. The van der Waals surface area contributed by atoms with E-state index < -0.39 is 0 Å². The molecule has 1 heteroatoms. The molecule has 2 aliphatic carbocycles. The Balaban J connectivity index is 2.09. The molecule has 0 N–H and O–H groups in total. The first-order valence-corrected chi connectivity index (χ1v) is 5.72. The maximum atomic E-state index is 6.12. The van der Waals surface area contributed by atoms with E-state index >= 15 is 0 Å². The van der Waals surface area contributed by atoms with E-state index in [0.29, 0.717) is 10.8 Å². The number of halogens is 1. The highest BCUT2D eigenvalue weighted by Gasteiger charge is 2.63. The van der Waals surface area contributed by atoms with Crippen molar-refractivity contribution in [2.75, 3.05) is 5.88 Å². The zero-order valence-electron chi connectivity index (χ0n) is 8.20. The maximum absolute atomic E-state index is 6.12. The molecule has 0 spiro atoms. The van der Waals surface area contributed by atoms with Crippen molar-refractivity contribution in [1.29, 1.82) is 0 Å². The van der Waals surface area contributed by atoms with Gasteiger partial charge in [0.25, 0.3) is 0 Å². The summed E-state index contributed by atoms with van der Waals surface area (Å²) < 4.78 is 0. The zero-order valence-corrected chi connectivity index (χ0v) is 8.95. The molecule has 0 heterocycles. The van der Waals surface area contributed by atoms with Gasteiger partial charge < -0.3 is 0 Å². The van der Waals surface area contributed by atoms with Crippen LogP contribution in [0.4, 0.5) is 0 Å². The molecule has 1 unspecified atom stereocenters. The van der Waals surface area contributed by atoms with Gasteiger partial charge >= 0.3 is 0 Å². The molecule has 12 heavy (non-hydrogen) atoms. The third-order valence-corrected chi connectivity index (χ3v) is 4.83. The summed E-state index contributed by atoms with van der Waals surface area (Å²) in [5.74, 6) is 1.84. The van der Waals surface area contributed by atoms with E-state index in [2.05, 4.69) is 13.8 Å². The maximum Gasteiger partial charge on any atom is 0.0287 e. The van der Waals surface area contributed by atoms with Gasteiger partial charge in [-0.1, -0.05) is 26.7 Å². The Kier molecular flexibility index (Phi) is 1.95. The van der Waals surface area contributed by atoms with Crippen molar-refractivity contribution in [2.45, 2.75) is 46.0 Å². The van der Waals surface area contributed by atoms with Crippen molar-refractivity contribution in [2.24, 2.45) is 16.7 Å². The van der Waals surface area contributed by atoms with Crippen LogP contribution in [0.1, 0.15) is 46.0 Å². The van der Waals surface area contributed by atoms with Crippen LogP contribution >= 0.6 is 11.6 Å². The summed E-state index contributed by atoms with van der Waals surface area (Å²) >= 11 is 6.12. The smallest absolute Gasteiger partial charge is 0.0287 e. The molecule has 0 amide bonds. The van der Waals surface area contributed by atoms with Crippen LogP contribution in [0, 0.1) is 16.7 Å². The van der Waals surface area contributed by atoms with Gasteiger partial charge in [-0.3, -0.25) is 0 Å². The topological polar surface area (TPSA) is 0 Å². The molecule has 2 aliphatic rings. The van der Waals surface area contributed by atoms with Crippen LogP contribution in [0.3, 0.4) is 0 Å². The van der Waals surface area contributed by atoms with Crippen molar-refractivity contribution in [3.05, 3.63) is 0 Å². The summed E-state index contributed by atoms with van der Waals surface area (Å²) in [6.07, 6.45) is 7.14. The molecular formula is C11H19Cl. The van der Waals surface area contributed by atoms with Gasteiger partial charge in [0.1, 0.15) is 0 Å². The van der Waals surface area contributed by atoms with E-state index in [1.807, 2.05) is 0 Å². The van der Waals surface area contributed by atoms with E-state index in [-0.39, 0.29) is 0 Å². The first kappa shape index (κ1) is 8.87. The van der Waals surface area contributed by atoms with Crippen molar-refractivity contribution in [3.63, 3.8) is 0 Å². The second-order valence-corrected chi connectivity index (χ2v) is 5.60. The van der Waals surface area contributed by atoms with E-state index in [1.54, 1.807) is 0 Å². The Labute approximate surface area is 80.7 Å². The highest BCUT2D eigenvalue weighted by atomic mass is 35.5. The van der Waals surface area contributed by atoms with E-state index in [0.717, 1.165) is 11.8 Å². The Morgan fingerprint density at radius 3 is 2.08 bits per heavy atom. The van der Waals surface area contributed by atoms with Gasteiger partial charge in [-0.2, -0.15) is 0 Å². The second-order valence-electron chi connectivity index (χ2n) is 5.33. The van der Waals surface area contributed by atoms with Gasteiger partial charge in [0.15, 0.2) is 0 Å². The number of hydrogen-bond donors (Lipinski definition) is 0. The van der Waals surface area contributed by atoms with Crippen LogP contribution in [-0.4, -0.2) is 5.88 Å². The van der Waals surface area contributed by atoms with E-state index in [1.165, 1.54) is 32.1 Å². The van der Waals surface area contributed by atoms with Crippen molar-refractivity contribution in [3.8, 4) is 0 Å². The molecule has 0 saturated heterocycles. The van der Waals surface area contributed by atoms with Crippen LogP contribution in [0.2, 0.25) is 0 Å². The van der Waals surface area contributed by atoms with Crippen molar-refractivity contribution < 1.29 is 0 Å². The minimum absolute atomic E-state index is 0.533. The number of alkyl halides is 1. The van der Waals surface area contributed by atoms with Gasteiger partial charge in [0.2, 0.25) is 0 Å². The molecule has 0 radical (unpaired) electrons. The summed E-state index contributed by atoms with van der Waals surface area (Å²) in [4.78, 5) is 0. The second kappa shape index (κ2) is 2.64. The lowest BCUT2D eigenvalue weighted by Crippen LogP contribution is -2.20. The van der Waals surface area contributed by atoms with Crippen LogP contribution in [0.5, 0.6) is 0 Å². The van der Waals surface area contributed by atoms with Gasteiger partial charge in [-0.05, 0) is 36.0 Å². The van der Waals surface area contributed by atoms with Gasteiger partial charge in [0.05, 0.1) is 0 Å². The molecule has 2 rings (SSSR count). The first-order valence-electron chi connectivity index (χ1n) is 5.18. The highest BCUT2D eigenvalue weighted by Crippen LogP contribution is 2.70. The normalized spacial score (nSPS) is 40.2. The molecular weight excluding hydrogens is 168 g/mol. The Bertz CT molecular complexity index is 179. The Morgan fingerprint density at radius 1 is 1.25 bits per heavy atom. The van der Waals surface area contributed by atoms with Gasteiger partial charge in [-0.15, -0.1) is 11.6 Å². The minimum Gasteiger partial charge on any atom is -0.126 e. The van der Waals surface area contributed by atoms with Gasteiger partial charge in [0, 0.05) is 5.88 Å². The third-order valence-electron chi connectivity index (χ3n) is 4.36. The first-order chi connectivity index (χ1) is 5.62. The fourth-order valence-corrected chi connectivity index (χ4v) is 3.93. The standard InChI is InChI=1S/C11H19Cl/c1-10(2)7-11(10,8-12)9-5-3-4-6-9/h9H,3-8H2,1-2H3. The average Bonchev–Trinajstić information content (AvgIpc) is 2.52. The minimum atomic E-state index is 0.533. The van der Waals surface area contributed by atoms with Crippen molar-refractivity contribution in [1.82, 2.24) is 0 Å². The quantitative estimate of drug-likeness (QED) is 0.575. The Hall–Kier alpha value is 0.290. The SMILES string of the molecule is CC1(C)CC1(CCl)C1CCCC1.